The number of esters is 2. The van der Waals surface area contributed by atoms with Gasteiger partial charge in [0, 0.05) is 5.39 Å². The first-order valence-corrected chi connectivity index (χ1v) is 11.1. The van der Waals surface area contributed by atoms with E-state index < -0.39 is 5.60 Å². The van der Waals surface area contributed by atoms with E-state index in [0.717, 1.165) is 33.3 Å². The van der Waals surface area contributed by atoms with Gasteiger partial charge in [0.15, 0.2) is 0 Å². The van der Waals surface area contributed by atoms with Crippen molar-refractivity contribution in [3.63, 3.8) is 0 Å². The number of ether oxygens (including phenoxy) is 2. The van der Waals surface area contributed by atoms with Crippen molar-refractivity contribution in [3.8, 4) is 11.1 Å². The van der Waals surface area contributed by atoms with Crippen LogP contribution in [-0.4, -0.2) is 34.4 Å². The summed E-state index contributed by atoms with van der Waals surface area (Å²) in [7, 11) is 1.37. The molecule has 4 aromatic rings. The third kappa shape index (κ3) is 4.86. The van der Waals surface area contributed by atoms with Gasteiger partial charge in [-0.05, 0) is 68.7 Å². The summed E-state index contributed by atoms with van der Waals surface area (Å²) in [4.78, 5) is 24.6. The molecule has 0 bridgehead atoms. The smallest absolute Gasteiger partial charge is 0.339 e. The van der Waals surface area contributed by atoms with Gasteiger partial charge in [-0.2, -0.15) is 5.10 Å². The molecule has 0 atom stereocenters. The molecule has 0 aliphatic rings. The van der Waals surface area contributed by atoms with E-state index in [4.69, 9.17) is 9.47 Å². The summed E-state index contributed by atoms with van der Waals surface area (Å²) in [6.07, 6.45) is 0. The van der Waals surface area contributed by atoms with Gasteiger partial charge in [0.2, 0.25) is 0 Å². The van der Waals surface area contributed by atoms with Crippen molar-refractivity contribution in [1.82, 2.24) is 9.78 Å². The number of hydrogen-bond donors (Lipinski definition) is 0. The van der Waals surface area contributed by atoms with Gasteiger partial charge >= 0.3 is 11.9 Å². The Hall–Kier alpha value is -3.93. The van der Waals surface area contributed by atoms with E-state index in [1.807, 2.05) is 87.0 Å². The van der Waals surface area contributed by atoms with Gasteiger partial charge in [-0.1, -0.05) is 42.5 Å². The number of methoxy groups -OCH3 is 1. The zero-order valence-corrected chi connectivity index (χ0v) is 20.1. The van der Waals surface area contributed by atoms with Gasteiger partial charge < -0.3 is 9.47 Å². The quantitative estimate of drug-likeness (QED) is 0.355. The average molecular weight is 457 g/mol. The fraction of sp³-hybridized carbons (Fsp3) is 0.250. The maximum absolute atomic E-state index is 12.7. The third-order valence-electron chi connectivity index (χ3n) is 5.50. The van der Waals surface area contributed by atoms with Crippen molar-refractivity contribution in [2.45, 2.75) is 39.8 Å². The lowest BCUT2D eigenvalue weighted by molar-refractivity contribution is 0.00702. The number of aryl methyl sites for hydroxylation is 1. The minimum absolute atomic E-state index is 0.336. The van der Waals surface area contributed by atoms with Crippen molar-refractivity contribution in [3.05, 3.63) is 89.1 Å². The van der Waals surface area contributed by atoms with Gasteiger partial charge in [-0.15, -0.1) is 0 Å². The zero-order valence-electron chi connectivity index (χ0n) is 20.1. The summed E-state index contributed by atoms with van der Waals surface area (Å²) in [5.74, 6) is -0.701. The largest absolute Gasteiger partial charge is 0.465 e. The number of carbonyl (C=O) groups is 2. The molecule has 0 saturated heterocycles. The monoisotopic (exact) mass is 456 g/mol. The maximum atomic E-state index is 12.7. The van der Waals surface area contributed by atoms with Crippen LogP contribution in [0.25, 0.3) is 22.0 Å². The van der Waals surface area contributed by atoms with Crippen LogP contribution in [0.2, 0.25) is 0 Å². The fourth-order valence-corrected chi connectivity index (χ4v) is 3.91. The summed E-state index contributed by atoms with van der Waals surface area (Å²) in [5, 5.41) is 5.59. The molecule has 174 valence electrons. The van der Waals surface area contributed by atoms with Crippen LogP contribution in [-0.2, 0) is 16.0 Å². The Kier molecular flexibility index (Phi) is 6.24. The molecule has 0 fully saturated rings. The normalized spacial score (nSPS) is 11.4. The third-order valence-corrected chi connectivity index (χ3v) is 5.50. The zero-order chi connectivity index (χ0) is 24.5. The van der Waals surface area contributed by atoms with Crippen LogP contribution in [0.15, 0.2) is 66.7 Å². The first-order valence-electron chi connectivity index (χ1n) is 11.1. The van der Waals surface area contributed by atoms with Crippen molar-refractivity contribution >= 4 is 22.8 Å². The van der Waals surface area contributed by atoms with Crippen LogP contribution in [0.3, 0.4) is 0 Å². The van der Waals surface area contributed by atoms with E-state index in [1.54, 1.807) is 12.1 Å². The minimum atomic E-state index is -0.559. The Morgan fingerprint density at radius 1 is 0.941 bits per heavy atom. The molecular weight excluding hydrogens is 428 g/mol. The Morgan fingerprint density at radius 2 is 1.65 bits per heavy atom. The molecule has 0 spiro atoms. The number of rotatable bonds is 5. The molecule has 0 N–H and O–H groups in total. The molecule has 1 aromatic heterocycles. The highest BCUT2D eigenvalue weighted by molar-refractivity contribution is 5.97. The molecule has 0 radical (unpaired) electrons. The predicted octanol–water partition coefficient (Wildman–Crippen LogP) is 5.80. The number of carbonyl (C=O) groups excluding carboxylic acids is 2. The average Bonchev–Trinajstić information content (AvgIpc) is 3.12. The molecule has 6 nitrogen and oxygen atoms in total. The van der Waals surface area contributed by atoms with Crippen molar-refractivity contribution in [2.24, 2.45) is 0 Å². The van der Waals surface area contributed by atoms with Crippen LogP contribution in [0.5, 0.6) is 0 Å². The number of fused-ring (bicyclic) bond motifs is 1. The van der Waals surface area contributed by atoms with Gasteiger partial charge in [0.25, 0.3) is 0 Å². The number of benzene rings is 3. The summed E-state index contributed by atoms with van der Waals surface area (Å²) >= 11 is 0. The standard InChI is InChI=1S/C28H28N2O4/c1-18-24-16-21(26(31)33-5)14-15-25(24)30(29-18)17-19-10-12-20(13-11-19)22-8-6-7-9-23(22)27(32)34-28(2,3)4/h6-16H,17H2,1-5H3. The number of nitrogens with zero attached hydrogens (tertiary/aromatic N) is 2. The maximum Gasteiger partial charge on any atom is 0.339 e. The SMILES string of the molecule is COC(=O)c1ccc2c(c1)c(C)nn2Cc1ccc(-c2ccccc2C(=O)OC(C)(C)C)cc1. The van der Waals surface area contributed by atoms with Crippen LogP contribution in [0.1, 0.15) is 52.7 Å². The lowest BCUT2D eigenvalue weighted by Crippen LogP contribution is -2.24. The molecule has 1 heterocycles. The first kappa shape index (κ1) is 23.2. The van der Waals surface area contributed by atoms with Crippen molar-refractivity contribution in [2.75, 3.05) is 7.11 Å². The number of aromatic nitrogens is 2. The van der Waals surface area contributed by atoms with Crippen molar-refractivity contribution < 1.29 is 19.1 Å². The Morgan fingerprint density at radius 3 is 2.32 bits per heavy atom. The Balaban J connectivity index is 1.60. The van der Waals surface area contributed by atoms with E-state index in [-0.39, 0.29) is 11.9 Å². The van der Waals surface area contributed by atoms with E-state index >= 15 is 0 Å². The summed E-state index contributed by atoms with van der Waals surface area (Å²) < 4.78 is 12.3. The molecule has 0 aliphatic heterocycles. The Labute approximate surface area is 199 Å². The van der Waals surface area contributed by atoms with Crippen LogP contribution in [0.4, 0.5) is 0 Å². The highest BCUT2D eigenvalue weighted by atomic mass is 16.6. The molecule has 4 rings (SSSR count). The van der Waals surface area contributed by atoms with Gasteiger partial charge in [0.05, 0.1) is 36.0 Å². The molecule has 0 aliphatic carbocycles. The van der Waals surface area contributed by atoms with Gasteiger partial charge in [-0.3, -0.25) is 4.68 Å². The van der Waals surface area contributed by atoms with Crippen molar-refractivity contribution in [1.29, 1.82) is 0 Å². The molecule has 6 heteroatoms. The topological polar surface area (TPSA) is 70.4 Å². The summed E-state index contributed by atoms with van der Waals surface area (Å²) in [6.45, 7) is 8.09. The van der Waals surface area contributed by atoms with Crippen LogP contribution >= 0.6 is 0 Å². The summed E-state index contributed by atoms with van der Waals surface area (Å²) in [6, 6.07) is 21.0. The van der Waals surface area contributed by atoms with Crippen LogP contribution < -0.4 is 0 Å². The lowest BCUT2D eigenvalue weighted by atomic mass is 9.98. The van der Waals surface area contributed by atoms with Gasteiger partial charge in [0.1, 0.15) is 5.60 Å². The van der Waals surface area contributed by atoms with Crippen LogP contribution in [0, 0.1) is 6.92 Å². The minimum Gasteiger partial charge on any atom is -0.465 e. The molecule has 3 aromatic carbocycles. The second kappa shape index (κ2) is 9.14. The molecule has 0 unspecified atom stereocenters. The lowest BCUT2D eigenvalue weighted by Gasteiger charge is -2.20. The van der Waals surface area contributed by atoms with E-state index in [9.17, 15) is 9.59 Å². The number of hydrogen-bond acceptors (Lipinski definition) is 5. The first-order chi connectivity index (χ1) is 16.2. The van der Waals surface area contributed by atoms with Gasteiger partial charge in [-0.25, -0.2) is 9.59 Å². The molecule has 34 heavy (non-hydrogen) atoms. The summed E-state index contributed by atoms with van der Waals surface area (Å²) in [5.41, 5.74) is 5.13. The predicted molar refractivity (Wildman–Crippen MR) is 132 cm³/mol. The molecule has 0 saturated carbocycles. The second-order valence-corrected chi connectivity index (χ2v) is 9.21. The van der Waals surface area contributed by atoms with E-state index in [2.05, 4.69) is 5.10 Å². The molecule has 0 amide bonds. The van der Waals surface area contributed by atoms with E-state index in [1.165, 1.54) is 7.11 Å². The fourth-order valence-electron chi connectivity index (χ4n) is 3.91. The Bertz CT molecular complexity index is 1360. The molecular formula is C28H28N2O4. The highest BCUT2D eigenvalue weighted by Crippen LogP contribution is 2.27. The van der Waals surface area contributed by atoms with E-state index in [0.29, 0.717) is 17.7 Å². The second-order valence-electron chi connectivity index (χ2n) is 9.21. The highest BCUT2D eigenvalue weighted by Gasteiger charge is 2.20.